The summed E-state index contributed by atoms with van der Waals surface area (Å²) in [5.74, 6) is 0. The smallest absolute Gasteiger partial charge is 0.0449 e. The number of para-hydroxylation sites is 1. The summed E-state index contributed by atoms with van der Waals surface area (Å²) in [7, 11) is 0. The van der Waals surface area contributed by atoms with Crippen LogP contribution in [0.2, 0.25) is 0 Å². The predicted octanol–water partition coefficient (Wildman–Crippen LogP) is 3.24. The van der Waals surface area contributed by atoms with Crippen LogP contribution in [0, 0.1) is 0 Å². The van der Waals surface area contributed by atoms with Gasteiger partial charge in [-0.3, -0.25) is 0 Å². The second kappa shape index (κ2) is 3.15. The quantitative estimate of drug-likeness (QED) is 0.697. The van der Waals surface area contributed by atoms with E-state index >= 15 is 0 Å². The fourth-order valence-electron chi connectivity index (χ4n) is 1.13. The Morgan fingerprint density at radius 1 is 1.00 bits per heavy atom. The molecule has 0 saturated heterocycles. The lowest BCUT2D eigenvalue weighted by Gasteiger charge is -1.99. The van der Waals surface area contributed by atoms with E-state index in [1.165, 1.54) is 5.69 Å². The molecule has 2 rings (SSSR count). The van der Waals surface area contributed by atoms with Crippen LogP contribution in [0.3, 0.4) is 0 Å². The van der Waals surface area contributed by atoms with Gasteiger partial charge in [-0.25, -0.2) is 0 Å². The van der Waals surface area contributed by atoms with Crippen LogP contribution in [0.4, 0.5) is 0 Å². The summed E-state index contributed by atoms with van der Waals surface area (Å²) in [6.45, 7) is 0. The van der Waals surface area contributed by atoms with E-state index in [0.717, 1.165) is 4.47 Å². The lowest BCUT2D eigenvalue weighted by molar-refractivity contribution is 1.08. The molecule has 2 heteroatoms. The van der Waals surface area contributed by atoms with Crippen molar-refractivity contribution in [1.82, 2.24) is 4.57 Å². The summed E-state index contributed by atoms with van der Waals surface area (Å²) in [5, 5.41) is 0. The molecule has 0 saturated carbocycles. The number of benzene rings is 1. The average Bonchev–Trinajstić information content (AvgIpc) is 2.54. The zero-order valence-electron chi connectivity index (χ0n) is 6.44. The molecule has 0 aliphatic rings. The van der Waals surface area contributed by atoms with Gasteiger partial charge in [-0.05, 0) is 34.1 Å². The van der Waals surface area contributed by atoms with Crippen molar-refractivity contribution in [2.45, 2.75) is 0 Å². The average molecular weight is 222 g/mol. The maximum atomic E-state index is 3.41. The highest BCUT2D eigenvalue weighted by Crippen LogP contribution is 2.14. The van der Waals surface area contributed by atoms with Crippen molar-refractivity contribution in [3.05, 3.63) is 53.3 Å². The number of rotatable bonds is 1. The fraction of sp³-hybridized carbons (Fsp3) is 0. The van der Waals surface area contributed by atoms with Crippen LogP contribution in [0.5, 0.6) is 0 Å². The Balaban J connectivity index is 2.45. The lowest BCUT2D eigenvalue weighted by atomic mass is 10.3. The highest BCUT2D eigenvalue weighted by molar-refractivity contribution is 9.10. The van der Waals surface area contributed by atoms with Crippen LogP contribution in [-0.2, 0) is 0 Å². The van der Waals surface area contributed by atoms with E-state index in [9.17, 15) is 0 Å². The summed E-state index contributed by atoms with van der Waals surface area (Å²) in [4.78, 5) is 0. The van der Waals surface area contributed by atoms with E-state index in [2.05, 4.69) is 32.6 Å². The Bertz CT molecular complexity index is 364. The third kappa shape index (κ3) is 1.43. The Morgan fingerprint density at radius 3 is 2.33 bits per heavy atom. The van der Waals surface area contributed by atoms with Gasteiger partial charge >= 0.3 is 0 Å². The van der Waals surface area contributed by atoms with Crippen molar-refractivity contribution in [3.63, 3.8) is 0 Å². The minimum Gasteiger partial charge on any atom is -0.323 e. The first-order valence-electron chi connectivity index (χ1n) is 3.75. The number of hydrogen-bond acceptors (Lipinski definition) is 0. The molecule has 0 radical (unpaired) electrons. The molecule has 1 nitrogen and oxygen atoms in total. The maximum Gasteiger partial charge on any atom is 0.0449 e. The summed E-state index contributed by atoms with van der Waals surface area (Å²) >= 11 is 3.41. The van der Waals surface area contributed by atoms with E-state index in [1.807, 2.05) is 36.7 Å². The molecule has 1 heterocycles. The van der Waals surface area contributed by atoms with E-state index in [-0.39, 0.29) is 0 Å². The Kier molecular flexibility index (Phi) is 2.00. The summed E-state index contributed by atoms with van der Waals surface area (Å²) < 4.78 is 3.18. The van der Waals surface area contributed by atoms with Crippen LogP contribution in [0.1, 0.15) is 0 Å². The molecule has 0 spiro atoms. The molecular formula is C10H8BrN. The van der Waals surface area contributed by atoms with Crippen molar-refractivity contribution in [2.75, 3.05) is 0 Å². The standard InChI is InChI=1S/C10H8BrN/c11-9-6-7-12(8-9)10-4-2-1-3-5-10/h1-8H. The van der Waals surface area contributed by atoms with Gasteiger partial charge in [0.2, 0.25) is 0 Å². The summed E-state index contributed by atoms with van der Waals surface area (Å²) in [6, 6.07) is 12.3. The van der Waals surface area contributed by atoms with Crippen molar-refractivity contribution in [3.8, 4) is 5.69 Å². The summed E-state index contributed by atoms with van der Waals surface area (Å²) in [5.41, 5.74) is 1.18. The van der Waals surface area contributed by atoms with Crippen molar-refractivity contribution < 1.29 is 0 Å². The zero-order chi connectivity index (χ0) is 8.39. The highest BCUT2D eigenvalue weighted by atomic mass is 79.9. The SMILES string of the molecule is Brc1ccn(-c2ccccc2)c1. The van der Waals surface area contributed by atoms with Gasteiger partial charge in [0.05, 0.1) is 0 Å². The van der Waals surface area contributed by atoms with Gasteiger partial charge in [0.15, 0.2) is 0 Å². The van der Waals surface area contributed by atoms with E-state index in [0.29, 0.717) is 0 Å². The van der Waals surface area contributed by atoms with Gasteiger partial charge in [-0.1, -0.05) is 18.2 Å². The van der Waals surface area contributed by atoms with Crippen molar-refractivity contribution in [1.29, 1.82) is 0 Å². The molecular weight excluding hydrogens is 214 g/mol. The fourth-order valence-corrected chi connectivity index (χ4v) is 1.47. The number of halogens is 1. The van der Waals surface area contributed by atoms with Crippen LogP contribution < -0.4 is 0 Å². The monoisotopic (exact) mass is 221 g/mol. The molecule has 0 atom stereocenters. The topological polar surface area (TPSA) is 4.93 Å². The molecule has 2 aromatic rings. The largest absolute Gasteiger partial charge is 0.323 e. The molecule has 0 N–H and O–H groups in total. The van der Waals surface area contributed by atoms with Gasteiger partial charge in [0.25, 0.3) is 0 Å². The third-order valence-electron chi connectivity index (χ3n) is 1.71. The van der Waals surface area contributed by atoms with E-state index in [4.69, 9.17) is 0 Å². The molecule has 0 fully saturated rings. The molecule has 0 aliphatic carbocycles. The number of aromatic nitrogens is 1. The molecule has 60 valence electrons. The number of nitrogens with zero attached hydrogens (tertiary/aromatic N) is 1. The van der Waals surface area contributed by atoms with Crippen LogP contribution in [0.25, 0.3) is 5.69 Å². The van der Waals surface area contributed by atoms with Gasteiger partial charge in [-0.2, -0.15) is 0 Å². The summed E-state index contributed by atoms with van der Waals surface area (Å²) in [6.07, 6.45) is 4.06. The van der Waals surface area contributed by atoms with Gasteiger partial charge in [0, 0.05) is 22.6 Å². The normalized spacial score (nSPS) is 10.1. The molecule has 0 aliphatic heterocycles. The molecule has 1 aromatic heterocycles. The molecule has 0 bridgehead atoms. The lowest BCUT2D eigenvalue weighted by Crippen LogP contribution is -1.86. The van der Waals surface area contributed by atoms with Crippen LogP contribution in [0.15, 0.2) is 53.3 Å². The molecule has 1 aromatic carbocycles. The number of hydrogen-bond donors (Lipinski definition) is 0. The Labute approximate surface area is 79.8 Å². The van der Waals surface area contributed by atoms with Gasteiger partial charge in [0.1, 0.15) is 0 Å². The molecule has 12 heavy (non-hydrogen) atoms. The van der Waals surface area contributed by atoms with Crippen LogP contribution >= 0.6 is 15.9 Å². The van der Waals surface area contributed by atoms with E-state index < -0.39 is 0 Å². The van der Waals surface area contributed by atoms with Gasteiger partial charge in [-0.15, -0.1) is 0 Å². The minimum absolute atomic E-state index is 1.10. The van der Waals surface area contributed by atoms with Gasteiger partial charge < -0.3 is 4.57 Å². The van der Waals surface area contributed by atoms with Crippen LogP contribution in [-0.4, -0.2) is 4.57 Å². The predicted molar refractivity (Wildman–Crippen MR) is 53.5 cm³/mol. The first-order valence-corrected chi connectivity index (χ1v) is 4.54. The maximum absolute atomic E-state index is 3.41. The molecule has 0 unspecified atom stereocenters. The minimum atomic E-state index is 1.10. The molecule has 0 amide bonds. The first kappa shape index (κ1) is 7.62. The van der Waals surface area contributed by atoms with E-state index in [1.54, 1.807) is 0 Å². The zero-order valence-corrected chi connectivity index (χ0v) is 8.03. The second-order valence-corrected chi connectivity index (χ2v) is 3.49. The Hall–Kier alpha value is -1.02. The first-order chi connectivity index (χ1) is 5.86. The second-order valence-electron chi connectivity index (χ2n) is 2.57. The van der Waals surface area contributed by atoms with Crippen molar-refractivity contribution >= 4 is 15.9 Å². The Morgan fingerprint density at radius 2 is 1.75 bits per heavy atom. The van der Waals surface area contributed by atoms with Crippen molar-refractivity contribution in [2.24, 2.45) is 0 Å². The third-order valence-corrected chi connectivity index (χ3v) is 2.18. The highest BCUT2D eigenvalue weighted by Gasteiger charge is 1.93.